The van der Waals surface area contributed by atoms with Gasteiger partial charge in [-0.05, 0) is 47.5 Å². The number of pyridine rings is 1. The van der Waals surface area contributed by atoms with E-state index in [1.165, 1.54) is 12.1 Å². The van der Waals surface area contributed by atoms with Crippen LogP contribution in [0.15, 0.2) is 67.0 Å². The van der Waals surface area contributed by atoms with E-state index in [0.29, 0.717) is 5.82 Å². The fourth-order valence-electron chi connectivity index (χ4n) is 3.59. The van der Waals surface area contributed by atoms with Crippen LogP contribution in [0.5, 0.6) is 0 Å². The Balaban J connectivity index is 1.66. The zero-order chi connectivity index (χ0) is 19.8. The van der Waals surface area contributed by atoms with Gasteiger partial charge in [0.25, 0.3) is 0 Å². The third-order valence-corrected chi connectivity index (χ3v) is 5.23. The first-order chi connectivity index (χ1) is 14.2. The molecule has 0 amide bonds. The lowest BCUT2D eigenvalue weighted by atomic mass is 10.0. The number of benzene rings is 2. The summed E-state index contributed by atoms with van der Waals surface area (Å²) in [4.78, 5) is 16.0. The van der Waals surface area contributed by atoms with Crippen LogP contribution in [0.1, 0.15) is 0 Å². The van der Waals surface area contributed by atoms with Crippen LogP contribution in [-0.4, -0.2) is 41.3 Å². The zero-order valence-corrected chi connectivity index (χ0v) is 15.9. The molecular weight excluding hydrogens is 367 g/mol. The van der Waals surface area contributed by atoms with Gasteiger partial charge in [0.05, 0.1) is 11.6 Å². The maximum Gasteiger partial charge on any atom is 0.163 e. The summed E-state index contributed by atoms with van der Waals surface area (Å²) >= 11 is 0. The van der Waals surface area contributed by atoms with Gasteiger partial charge in [0.1, 0.15) is 11.6 Å². The van der Waals surface area contributed by atoms with Crippen molar-refractivity contribution in [2.45, 2.75) is 6.10 Å². The lowest BCUT2D eigenvalue weighted by Crippen LogP contribution is -2.52. The quantitative estimate of drug-likeness (QED) is 0.522. The third-order valence-electron chi connectivity index (χ3n) is 5.23. The molecule has 29 heavy (non-hydrogen) atoms. The molecule has 1 aliphatic heterocycles. The van der Waals surface area contributed by atoms with E-state index in [-0.39, 0.29) is 11.9 Å². The van der Waals surface area contributed by atoms with E-state index in [9.17, 15) is 4.39 Å². The molecule has 1 fully saturated rings. The Morgan fingerprint density at radius 3 is 2.55 bits per heavy atom. The first-order valence-electron chi connectivity index (χ1n) is 9.47. The van der Waals surface area contributed by atoms with E-state index < -0.39 is 0 Å². The summed E-state index contributed by atoms with van der Waals surface area (Å²) in [5.74, 6) is 1.25. The molecule has 0 N–H and O–H groups in total. The summed E-state index contributed by atoms with van der Waals surface area (Å²) in [6.45, 7) is 1.55. The average molecular weight is 386 g/mol. The molecule has 0 radical (unpaired) electrons. The first kappa shape index (κ1) is 17.7. The molecule has 0 spiro atoms. The monoisotopic (exact) mass is 386 g/mol. The fourth-order valence-corrected chi connectivity index (χ4v) is 3.59. The van der Waals surface area contributed by atoms with Crippen LogP contribution in [0, 0.1) is 5.82 Å². The van der Waals surface area contributed by atoms with Gasteiger partial charge in [-0.15, -0.1) is 0 Å². The molecule has 0 unspecified atom stereocenters. The molecule has 144 valence electrons. The van der Waals surface area contributed by atoms with E-state index in [0.717, 1.165) is 46.5 Å². The van der Waals surface area contributed by atoms with Gasteiger partial charge in [-0.25, -0.2) is 14.4 Å². The zero-order valence-electron chi connectivity index (χ0n) is 15.9. The Morgan fingerprint density at radius 1 is 0.966 bits per heavy atom. The summed E-state index contributed by atoms with van der Waals surface area (Å²) in [7, 11) is 1.73. The van der Waals surface area contributed by atoms with Gasteiger partial charge < -0.3 is 9.64 Å². The van der Waals surface area contributed by atoms with Crippen LogP contribution >= 0.6 is 0 Å². The van der Waals surface area contributed by atoms with Crippen molar-refractivity contribution in [1.29, 1.82) is 0 Å². The van der Waals surface area contributed by atoms with Crippen molar-refractivity contribution in [2.75, 3.05) is 25.1 Å². The highest BCUT2D eigenvalue weighted by Crippen LogP contribution is 2.33. The minimum Gasteiger partial charge on any atom is -0.378 e. The van der Waals surface area contributed by atoms with Crippen LogP contribution < -0.4 is 4.90 Å². The standard InChI is InChI=1S/C23H19FN4O/c1-29-19-13-28(14-19)23-20-11-16(15-4-2-6-18(24)10-15)7-8-21(20)26-22(27-23)17-5-3-9-25-12-17/h2-12,19H,13-14H2,1H3. The van der Waals surface area contributed by atoms with Crippen LogP contribution in [0.2, 0.25) is 0 Å². The van der Waals surface area contributed by atoms with E-state index in [1.54, 1.807) is 25.6 Å². The molecular formula is C23H19FN4O. The fraction of sp³-hybridized carbons (Fsp3) is 0.174. The molecule has 2 aromatic heterocycles. The van der Waals surface area contributed by atoms with Gasteiger partial charge in [0.15, 0.2) is 5.82 Å². The lowest BCUT2D eigenvalue weighted by molar-refractivity contribution is 0.0785. The van der Waals surface area contributed by atoms with Crippen LogP contribution in [0.3, 0.4) is 0 Å². The Labute approximate surface area is 167 Å². The largest absolute Gasteiger partial charge is 0.378 e. The van der Waals surface area contributed by atoms with Crippen LogP contribution in [0.4, 0.5) is 10.2 Å². The third kappa shape index (κ3) is 3.32. The molecule has 5 rings (SSSR count). The predicted octanol–water partition coefficient (Wildman–Crippen LogP) is 4.33. The van der Waals surface area contributed by atoms with E-state index in [2.05, 4.69) is 9.88 Å². The number of methoxy groups -OCH3 is 1. The molecule has 0 bridgehead atoms. The summed E-state index contributed by atoms with van der Waals surface area (Å²) in [5, 5.41) is 0.939. The maximum absolute atomic E-state index is 13.7. The van der Waals surface area contributed by atoms with Gasteiger partial charge >= 0.3 is 0 Å². The molecule has 0 atom stereocenters. The number of ether oxygens (including phenoxy) is 1. The molecule has 0 aliphatic carbocycles. The predicted molar refractivity (Wildman–Crippen MR) is 111 cm³/mol. The van der Waals surface area contributed by atoms with Crippen molar-refractivity contribution < 1.29 is 9.13 Å². The normalized spacial score (nSPS) is 14.2. The molecule has 6 heteroatoms. The number of rotatable bonds is 4. The SMILES string of the molecule is COC1CN(c2nc(-c3cccnc3)nc3ccc(-c4cccc(F)c4)cc23)C1. The average Bonchev–Trinajstić information content (AvgIpc) is 2.73. The minimum atomic E-state index is -0.253. The molecule has 1 aliphatic rings. The number of nitrogens with zero attached hydrogens (tertiary/aromatic N) is 4. The Hall–Kier alpha value is -3.38. The highest BCUT2D eigenvalue weighted by Gasteiger charge is 2.29. The van der Waals surface area contributed by atoms with Crippen molar-refractivity contribution in [3.63, 3.8) is 0 Å². The molecule has 3 heterocycles. The highest BCUT2D eigenvalue weighted by atomic mass is 19.1. The topological polar surface area (TPSA) is 51.1 Å². The van der Waals surface area contributed by atoms with Crippen molar-refractivity contribution in [1.82, 2.24) is 15.0 Å². The molecule has 4 aromatic rings. The summed E-state index contributed by atoms with van der Waals surface area (Å²) < 4.78 is 19.1. The number of anilines is 1. The Morgan fingerprint density at radius 2 is 1.79 bits per heavy atom. The summed E-state index contributed by atoms with van der Waals surface area (Å²) in [6.07, 6.45) is 3.70. The lowest BCUT2D eigenvalue weighted by Gasteiger charge is -2.39. The van der Waals surface area contributed by atoms with E-state index >= 15 is 0 Å². The van der Waals surface area contributed by atoms with Gasteiger partial charge in [-0.3, -0.25) is 4.98 Å². The van der Waals surface area contributed by atoms with Crippen LogP contribution in [0.25, 0.3) is 33.4 Å². The van der Waals surface area contributed by atoms with Crippen molar-refractivity contribution in [3.05, 3.63) is 72.8 Å². The minimum absolute atomic E-state index is 0.202. The number of halogens is 1. The van der Waals surface area contributed by atoms with Gasteiger partial charge in [0, 0.05) is 43.5 Å². The Kier molecular flexibility index (Phi) is 4.41. The second kappa shape index (κ2) is 7.22. The van der Waals surface area contributed by atoms with Crippen molar-refractivity contribution in [2.24, 2.45) is 0 Å². The van der Waals surface area contributed by atoms with Crippen molar-refractivity contribution >= 4 is 16.7 Å². The Bertz CT molecular complexity index is 1180. The highest BCUT2D eigenvalue weighted by molar-refractivity contribution is 5.94. The summed E-state index contributed by atoms with van der Waals surface area (Å²) in [6, 6.07) is 16.4. The molecule has 1 saturated heterocycles. The van der Waals surface area contributed by atoms with E-state index in [4.69, 9.17) is 14.7 Å². The number of hydrogen-bond acceptors (Lipinski definition) is 5. The second-order valence-electron chi connectivity index (χ2n) is 7.12. The van der Waals surface area contributed by atoms with Crippen molar-refractivity contribution in [3.8, 4) is 22.5 Å². The smallest absolute Gasteiger partial charge is 0.163 e. The first-order valence-corrected chi connectivity index (χ1v) is 9.47. The molecule has 2 aromatic carbocycles. The number of aromatic nitrogens is 3. The number of fused-ring (bicyclic) bond motifs is 1. The van der Waals surface area contributed by atoms with Gasteiger partial charge in [-0.1, -0.05) is 18.2 Å². The molecule has 0 saturated carbocycles. The summed E-state index contributed by atoms with van der Waals surface area (Å²) in [5.41, 5.74) is 3.47. The van der Waals surface area contributed by atoms with E-state index in [1.807, 2.05) is 36.4 Å². The van der Waals surface area contributed by atoms with Crippen LogP contribution in [-0.2, 0) is 4.74 Å². The van der Waals surface area contributed by atoms with Gasteiger partial charge in [-0.2, -0.15) is 0 Å². The maximum atomic E-state index is 13.7. The van der Waals surface area contributed by atoms with Gasteiger partial charge in [0.2, 0.25) is 0 Å². The second-order valence-corrected chi connectivity index (χ2v) is 7.12. The molecule has 5 nitrogen and oxygen atoms in total. The number of hydrogen-bond donors (Lipinski definition) is 0.